The Bertz CT molecular complexity index is 620. The van der Waals surface area contributed by atoms with E-state index in [1.54, 1.807) is 31.5 Å². The maximum Gasteiger partial charge on any atom is 0.340 e. The zero-order valence-electron chi connectivity index (χ0n) is 10.8. The highest BCUT2D eigenvalue weighted by molar-refractivity contribution is 7.99. The minimum Gasteiger partial charge on any atom is -0.462 e. The third kappa shape index (κ3) is 3.27. The summed E-state index contributed by atoms with van der Waals surface area (Å²) in [6, 6.07) is 6.05. The van der Waals surface area contributed by atoms with E-state index in [4.69, 9.17) is 10.5 Å². The molecule has 2 N–H and O–H groups in total. The van der Waals surface area contributed by atoms with Gasteiger partial charge in [0, 0.05) is 27.9 Å². The molecule has 0 atom stereocenters. The number of anilines is 1. The summed E-state index contributed by atoms with van der Waals surface area (Å²) in [4.78, 5) is 16.8. The molecule has 104 valence electrons. The molecular formula is C14H13FN2O2S. The molecule has 6 heteroatoms. The number of esters is 1. The van der Waals surface area contributed by atoms with Crippen molar-refractivity contribution in [3.8, 4) is 0 Å². The Hall–Kier alpha value is -2.08. The van der Waals surface area contributed by atoms with E-state index in [1.165, 1.54) is 17.8 Å². The third-order valence-electron chi connectivity index (χ3n) is 2.48. The number of ether oxygens (including phenoxy) is 1. The number of nitrogen functional groups attached to an aromatic ring is 1. The van der Waals surface area contributed by atoms with Crippen molar-refractivity contribution in [3.05, 3.63) is 48.0 Å². The Morgan fingerprint density at radius 2 is 2.10 bits per heavy atom. The van der Waals surface area contributed by atoms with Crippen molar-refractivity contribution < 1.29 is 13.9 Å². The van der Waals surface area contributed by atoms with Crippen molar-refractivity contribution in [1.82, 2.24) is 4.98 Å². The van der Waals surface area contributed by atoms with E-state index in [0.29, 0.717) is 4.90 Å². The van der Waals surface area contributed by atoms with Crippen LogP contribution in [-0.4, -0.2) is 17.6 Å². The molecule has 1 heterocycles. The van der Waals surface area contributed by atoms with E-state index in [1.807, 2.05) is 0 Å². The van der Waals surface area contributed by atoms with Crippen LogP contribution < -0.4 is 5.73 Å². The molecule has 20 heavy (non-hydrogen) atoms. The number of aromatic nitrogens is 1. The van der Waals surface area contributed by atoms with Gasteiger partial charge >= 0.3 is 5.97 Å². The monoisotopic (exact) mass is 292 g/mol. The maximum atomic E-state index is 13.9. The largest absolute Gasteiger partial charge is 0.462 e. The van der Waals surface area contributed by atoms with E-state index < -0.39 is 11.8 Å². The minimum absolute atomic E-state index is 0.0695. The van der Waals surface area contributed by atoms with Crippen LogP contribution in [0.1, 0.15) is 17.3 Å². The fraction of sp³-hybridized carbons (Fsp3) is 0.143. The van der Waals surface area contributed by atoms with Gasteiger partial charge in [-0.1, -0.05) is 11.8 Å². The number of nitrogens with zero attached hydrogens (tertiary/aromatic N) is 1. The van der Waals surface area contributed by atoms with E-state index in [9.17, 15) is 9.18 Å². The highest BCUT2D eigenvalue weighted by atomic mass is 32.2. The summed E-state index contributed by atoms with van der Waals surface area (Å²) in [5.41, 5.74) is 5.90. The van der Waals surface area contributed by atoms with Crippen LogP contribution in [0, 0.1) is 5.82 Å². The standard InChI is InChI=1S/C14H13FN2O2S/c1-2-19-14(18)10-7-13(11(15)8-12(10)16)20-9-3-5-17-6-4-9/h3-8H,2,16H2,1H3. The number of hydrogen-bond donors (Lipinski definition) is 1. The molecule has 0 spiro atoms. The van der Waals surface area contributed by atoms with Gasteiger partial charge in [0.15, 0.2) is 0 Å². The first kappa shape index (κ1) is 14.3. The zero-order chi connectivity index (χ0) is 14.5. The Balaban J connectivity index is 2.34. The first-order valence-electron chi connectivity index (χ1n) is 5.96. The molecule has 0 aliphatic carbocycles. The first-order valence-corrected chi connectivity index (χ1v) is 6.77. The zero-order valence-corrected chi connectivity index (χ0v) is 11.6. The normalized spacial score (nSPS) is 10.3. The van der Waals surface area contributed by atoms with E-state index in [0.717, 1.165) is 11.0 Å². The number of pyridine rings is 1. The van der Waals surface area contributed by atoms with Crippen LogP contribution in [0.4, 0.5) is 10.1 Å². The number of rotatable bonds is 4. The van der Waals surface area contributed by atoms with Crippen molar-refractivity contribution in [2.75, 3.05) is 12.3 Å². The van der Waals surface area contributed by atoms with Crippen LogP contribution in [0.25, 0.3) is 0 Å². The Kier molecular flexibility index (Phi) is 4.57. The quantitative estimate of drug-likeness (QED) is 0.692. The molecule has 2 aromatic rings. The number of nitrogens with two attached hydrogens (primary N) is 1. The Morgan fingerprint density at radius 3 is 2.75 bits per heavy atom. The van der Waals surface area contributed by atoms with Gasteiger partial charge in [0.25, 0.3) is 0 Å². The van der Waals surface area contributed by atoms with Crippen LogP contribution in [0.5, 0.6) is 0 Å². The van der Waals surface area contributed by atoms with Crippen LogP contribution >= 0.6 is 11.8 Å². The number of hydrogen-bond acceptors (Lipinski definition) is 5. The predicted octanol–water partition coefficient (Wildman–Crippen LogP) is 3.13. The first-order chi connectivity index (χ1) is 9.61. The second kappa shape index (κ2) is 6.38. The van der Waals surface area contributed by atoms with Gasteiger partial charge in [-0.25, -0.2) is 9.18 Å². The molecular weight excluding hydrogens is 279 g/mol. The lowest BCUT2D eigenvalue weighted by Gasteiger charge is -2.09. The van der Waals surface area contributed by atoms with Gasteiger partial charge < -0.3 is 10.5 Å². The minimum atomic E-state index is -0.554. The number of carbonyl (C=O) groups is 1. The smallest absolute Gasteiger partial charge is 0.340 e. The average molecular weight is 292 g/mol. The van der Waals surface area contributed by atoms with Gasteiger partial charge in [-0.3, -0.25) is 4.98 Å². The topological polar surface area (TPSA) is 65.2 Å². The van der Waals surface area contributed by atoms with Gasteiger partial charge in [-0.2, -0.15) is 0 Å². The second-order valence-corrected chi connectivity index (χ2v) is 4.99. The molecule has 0 bridgehead atoms. The van der Waals surface area contributed by atoms with Gasteiger partial charge in [-0.15, -0.1) is 0 Å². The van der Waals surface area contributed by atoms with Crippen LogP contribution in [-0.2, 0) is 4.74 Å². The second-order valence-electron chi connectivity index (χ2n) is 3.88. The van der Waals surface area contributed by atoms with Gasteiger partial charge in [0.1, 0.15) is 5.82 Å². The average Bonchev–Trinajstić information content (AvgIpc) is 2.43. The lowest BCUT2D eigenvalue weighted by molar-refractivity contribution is 0.0527. The molecule has 0 saturated carbocycles. The highest BCUT2D eigenvalue weighted by Crippen LogP contribution is 2.32. The van der Waals surface area contributed by atoms with Crippen molar-refractivity contribution in [3.63, 3.8) is 0 Å². The number of halogens is 1. The third-order valence-corrected chi connectivity index (χ3v) is 3.52. The molecule has 1 aromatic carbocycles. The van der Waals surface area contributed by atoms with E-state index in [2.05, 4.69) is 4.98 Å². The fourth-order valence-electron chi connectivity index (χ4n) is 1.57. The van der Waals surface area contributed by atoms with Gasteiger partial charge in [0.05, 0.1) is 12.2 Å². The summed E-state index contributed by atoms with van der Waals surface area (Å²) >= 11 is 1.19. The molecule has 1 aromatic heterocycles. The Labute approximate surface area is 120 Å². The Morgan fingerprint density at radius 1 is 1.40 bits per heavy atom. The van der Waals surface area contributed by atoms with Crippen molar-refractivity contribution in [2.45, 2.75) is 16.7 Å². The lowest BCUT2D eigenvalue weighted by Crippen LogP contribution is -2.08. The molecule has 2 rings (SSSR count). The summed E-state index contributed by atoms with van der Waals surface area (Å²) in [7, 11) is 0. The van der Waals surface area contributed by atoms with Crippen LogP contribution in [0.15, 0.2) is 46.5 Å². The number of carbonyl (C=O) groups excluding carboxylic acids is 1. The molecule has 0 amide bonds. The summed E-state index contributed by atoms with van der Waals surface area (Å²) in [6.07, 6.45) is 3.23. The summed E-state index contributed by atoms with van der Waals surface area (Å²) < 4.78 is 18.8. The maximum absolute atomic E-state index is 13.9. The summed E-state index contributed by atoms with van der Waals surface area (Å²) in [5, 5.41) is 0. The molecule has 0 radical (unpaired) electrons. The van der Waals surface area contributed by atoms with Crippen molar-refractivity contribution in [2.24, 2.45) is 0 Å². The van der Waals surface area contributed by atoms with Crippen LogP contribution in [0.3, 0.4) is 0 Å². The summed E-state index contributed by atoms with van der Waals surface area (Å²) in [6.45, 7) is 1.94. The van der Waals surface area contributed by atoms with Gasteiger partial charge in [0.2, 0.25) is 0 Å². The molecule has 0 saturated heterocycles. The van der Waals surface area contributed by atoms with Crippen LogP contribution in [0.2, 0.25) is 0 Å². The predicted molar refractivity (Wildman–Crippen MR) is 75.1 cm³/mol. The highest BCUT2D eigenvalue weighted by Gasteiger charge is 2.15. The van der Waals surface area contributed by atoms with E-state index in [-0.39, 0.29) is 17.9 Å². The lowest BCUT2D eigenvalue weighted by atomic mass is 10.2. The fourth-order valence-corrected chi connectivity index (χ4v) is 2.41. The molecule has 4 nitrogen and oxygen atoms in total. The number of benzene rings is 1. The molecule has 0 fully saturated rings. The summed E-state index contributed by atoms with van der Waals surface area (Å²) in [5.74, 6) is -1.03. The van der Waals surface area contributed by atoms with Crippen molar-refractivity contribution in [1.29, 1.82) is 0 Å². The SMILES string of the molecule is CCOC(=O)c1cc(Sc2ccncc2)c(F)cc1N. The molecule has 0 aliphatic heterocycles. The van der Waals surface area contributed by atoms with Gasteiger partial charge in [-0.05, 0) is 31.2 Å². The van der Waals surface area contributed by atoms with E-state index >= 15 is 0 Å². The van der Waals surface area contributed by atoms with Crippen molar-refractivity contribution >= 4 is 23.4 Å². The molecule has 0 aliphatic rings. The molecule has 0 unspecified atom stereocenters.